The molecule has 9 heteroatoms. The molecule has 2 aromatic carbocycles. The van der Waals surface area contributed by atoms with Crippen molar-refractivity contribution in [3.05, 3.63) is 66.5 Å². The number of nitrogens with zero attached hydrogens (tertiary/aromatic N) is 3. The van der Waals surface area contributed by atoms with Crippen molar-refractivity contribution in [1.82, 2.24) is 14.3 Å². The molecule has 8 nitrogen and oxygen atoms in total. The zero-order valence-corrected chi connectivity index (χ0v) is 19.7. The van der Waals surface area contributed by atoms with Gasteiger partial charge in [0.2, 0.25) is 15.9 Å². The Bertz CT molecular complexity index is 1220. The van der Waals surface area contributed by atoms with Gasteiger partial charge in [0.15, 0.2) is 5.82 Å². The third-order valence-corrected chi connectivity index (χ3v) is 7.72. The van der Waals surface area contributed by atoms with Gasteiger partial charge in [0.1, 0.15) is 5.75 Å². The van der Waals surface area contributed by atoms with Crippen molar-refractivity contribution in [1.29, 1.82) is 0 Å². The quantitative estimate of drug-likeness (QED) is 0.529. The molecule has 1 fully saturated rings. The molecule has 0 unspecified atom stereocenters. The second kappa shape index (κ2) is 10.8. The molecule has 2 heterocycles. The Balaban J connectivity index is 1.31. The van der Waals surface area contributed by atoms with Gasteiger partial charge in [-0.25, -0.2) is 18.4 Å². The van der Waals surface area contributed by atoms with E-state index in [1.807, 2.05) is 0 Å². The lowest BCUT2D eigenvalue weighted by atomic mass is 10.1. The lowest BCUT2D eigenvalue weighted by Crippen LogP contribution is -2.31. The minimum atomic E-state index is -3.47. The highest BCUT2D eigenvalue weighted by atomic mass is 32.2. The fourth-order valence-corrected chi connectivity index (χ4v) is 5.44. The summed E-state index contributed by atoms with van der Waals surface area (Å²) < 4.78 is 27.4. The van der Waals surface area contributed by atoms with Gasteiger partial charge in [0.05, 0.1) is 23.0 Å². The summed E-state index contributed by atoms with van der Waals surface area (Å²) >= 11 is 0. The number of hydrogen-bond donors (Lipinski definition) is 2. The Morgan fingerprint density at radius 3 is 2.29 bits per heavy atom. The number of sulfonamides is 1. The Morgan fingerprint density at radius 2 is 1.65 bits per heavy atom. The van der Waals surface area contributed by atoms with Crippen LogP contribution in [0.3, 0.4) is 0 Å². The standard InChI is InChI=1S/C25H28N4O4S/c30-22-7-5-6-20(16-22)25-26-17-21(18-27-25)28-24(31)13-10-19-8-11-23(12-9-19)34(32,33)29-14-3-1-2-4-15-29/h5-9,11-12,16-18,30H,1-4,10,13-15H2,(H,28,31). The molecule has 2 N–H and O–H groups in total. The Kier molecular flexibility index (Phi) is 7.54. The smallest absolute Gasteiger partial charge is 0.243 e. The summed E-state index contributed by atoms with van der Waals surface area (Å²) in [6.07, 6.45) is 7.71. The normalized spacial score (nSPS) is 14.9. The molecule has 1 aliphatic heterocycles. The van der Waals surface area contributed by atoms with Crippen molar-refractivity contribution in [2.24, 2.45) is 0 Å². The zero-order chi connectivity index (χ0) is 24.0. The van der Waals surface area contributed by atoms with E-state index in [0.717, 1.165) is 31.2 Å². The molecule has 4 rings (SSSR count). The van der Waals surface area contributed by atoms with Crippen molar-refractivity contribution in [2.75, 3.05) is 18.4 Å². The number of aryl methyl sites for hydroxylation is 1. The molecule has 0 saturated carbocycles. The van der Waals surface area contributed by atoms with Gasteiger partial charge in [-0.05, 0) is 49.1 Å². The number of rotatable bonds is 7. The van der Waals surface area contributed by atoms with E-state index in [9.17, 15) is 18.3 Å². The van der Waals surface area contributed by atoms with E-state index in [1.165, 1.54) is 12.4 Å². The summed E-state index contributed by atoms with van der Waals surface area (Å²) in [5, 5.41) is 12.4. The van der Waals surface area contributed by atoms with Crippen LogP contribution in [-0.4, -0.2) is 46.8 Å². The van der Waals surface area contributed by atoms with E-state index in [0.29, 0.717) is 41.5 Å². The first-order valence-corrected chi connectivity index (χ1v) is 12.9. The average Bonchev–Trinajstić information content (AvgIpc) is 3.14. The van der Waals surface area contributed by atoms with Gasteiger partial charge in [-0.15, -0.1) is 0 Å². The van der Waals surface area contributed by atoms with Gasteiger partial charge in [-0.1, -0.05) is 37.1 Å². The maximum atomic E-state index is 12.9. The molecule has 1 saturated heterocycles. The lowest BCUT2D eigenvalue weighted by molar-refractivity contribution is -0.116. The van der Waals surface area contributed by atoms with Crippen LogP contribution in [0.5, 0.6) is 5.75 Å². The SMILES string of the molecule is O=C(CCc1ccc(S(=O)(=O)N2CCCCCC2)cc1)Nc1cnc(-c2cccc(O)c2)nc1. The monoisotopic (exact) mass is 480 g/mol. The van der Waals surface area contributed by atoms with Gasteiger partial charge in [0.25, 0.3) is 0 Å². The van der Waals surface area contributed by atoms with Crippen LogP contribution in [0.2, 0.25) is 0 Å². The molecule has 1 aromatic heterocycles. The summed E-state index contributed by atoms with van der Waals surface area (Å²) in [6.45, 7) is 1.14. The molecule has 0 radical (unpaired) electrons. The van der Waals surface area contributed by atoms with E-state index in [1.54, 1.807) is 52.8 Å². The predicted molar refractivity (Wildman–Crippen MR) is 130 cm³/mol. The highest BCUT2D eigenvalue weighted by molar-refractivity contribution is 7.89. The zero-order valence-electron chi connectivity index (χ0n) is 18.9. The largest absolute Gasteiger partial charge is 0.508 e. The summed E-state index contributed by atoms with van der Waals surface area (Å²) in [5.41, 5.74) is 2.05. The number of phenols is 1. The number of hydrogen-bond acceptors (Lipinski definition) is 6. The second-order valence-electron chi connectivity index (χ2n) is 8.36. The van der Waals surface area contributed by atoms with E-state index in [2.05, 4.69) is 15.3 Å². The number of aromatic hydroxyl groups is 1. The molecule has 0 spiro atoms. The summed E-state index contributed by atoms with van der Waals surface area (Å²) in [5.74, 6) is 0.394. The fourth-order valence-electron chi connectivity index (χ4n) is 3.93. The van der Waals surface area contributed by atoms with Crippen LogP contribution in [0, 0.1) is 0 Å². The van der Waals surface area contributed by atoms with Crippen LogP contribution < -0.4 is 5.32 Å². The molecule has 0 aliphatic carbocycles. The third kappa shape index (κ3) is 5.98. The average molecular weight is 481 g/mol. The molecule has 34 heavy (non-hydrogen) atoms. The Labute approximate surface area is 199 Å². The van der Waals surface area contributed by atoms with Crippen LogP contribution in [0.1, 0.15) is 37.7 Å². The molecular weight excluding hydrogens is 452 g/mol. The van der Waals surface area contributed by atoms with Gasteiger partial charge >= 0.3 is 0 Å². The first-order valence-electron chi connectivity index (χ1n) is 11.4. The number of amides is 1. The molecule has 1 amide bonds. The first-order chi connectivity index (χ1) is 16.4. The Morgan fingerprint density at radius 1 is 0.971 bits per heavy atom. The fraction of sp³-hybridized carbons (Fsp3) is 0.320. The highest BCUT2D eigenvalue weighted by Gasteiger charge is 2.24. The number of carbonyl (C=O) groups is 1. The topological polar surface area (TPSA) is 112 Å². The predicted octanol–water partition coefficient (Wildman–Crippen LogP) is 3.99. The summed E-state index contributed by atoms with van der Waals surface area (Å²) in [6, 6.07) is 13.4. The van der Waals surface area contributed by atoms with Crippen molar-refractivity contribution in [3.63, 3.8) is 0 Å². The minimum absolute atomic E-state index is 0.131. The maximum Gasteiger partial charge on any atom is 0.243 e. The Hall–Kier alpha value is -3.30. The molecular formula is C25H28N4O4S. The summed E-state index contributed by atoms with van der Waals surface area (Å²) in [7, 11) is -3.47. The lowest BCUT2D eigenvalue weighted by Gasteiger charge is -2.20. The highest BCUT2D eigenvalue weighted by Crippen LogP contribution is 2.22. The van der Waals surface area contributed by atoms with Crippen LogP contribution in [0.15, 0.2) is 65.8 Å². The van der Waals surface area contributed by atoms with Gasteiger partial charge < -0.3 is 10.4 Å². The second-order valence-corrected chi connectivity index (χ2v) is 10.3. The van der Waals surface area contributed by atoms with E-state index in [-0.39, 0.29) is 18.1 Å². The number of benzene rings is 2. The van der Waals surface area contributed by atoms with Crippen LogP contribution >= 0.6 is 0 Å². The molecule has 0 atom stereocenters. The van der Waals surface area contributed by atoms with Crippen LogP contribution in [0.25, 0.3) is 11.4 Å². The van der Waals surface area contributed by atoms with E-state index < -0.39 is 10.0 Å². The molecule has 3 aromatic rings. The van der Waals surface area contributed by atoms with Crippen LogP contribution in [-0.2, 0) is 21.2 Å². The van der Waals surface area contributed by atoms with Crippen molar-refractivity contribution < 1.29 is 18.3 Å². The van der Waals surface area contributed by atoms with E-state index >= 15 is 0 Å². The number of phenolic OH excluding ortho intramolecular Hbond substituents is 1. The van der Waals surface area contributed by atoms with Gasteiger partial charge in [-0.2, -0.15) is 4.31 Å². The number of aromatic nitrogens is 2. The summed E-state index contributed by atoms with van der Waals surface area (Å²) in [4.78, 5) is 21.1. The van der Waals surface area contributed by atoms with Crippen LogP contribution in [0.4, 0.5) is 5.69 Å². The van der Waals surface area contributed by atoms with E-state index in [4.69, 9.17) is 0 Å². The first kappa shape index (κ1) is 23.8. The number of nitrogens with one attached hydrogen (secondary N) is 1. The van der Waals surface area contributed by atoms with Crippen molar-refractivity contribution in [3.8, 4) is 17.1 Å². The number of anilines is 1. The minimum Gasteiger partial charge on any atom is -0.508 e. The maximum absolute atomic E-state index is 12.9. The van der Waals surface area contributed by atoms with Gasteiger partial charge in [-0.3, -0.25) is 4.79 Å². The molecule has 178 valence electrons. The van der Waals surface area contributed by atoms with Crippen molar-refractivity contribution in [2.45, 2.75) is 43.4 Å². The molecule has 1 aliphatic rings. The number of carbonyl (C=O) groups excluding carboxylic acids is 1. The molecule has 0 bridgehead atoms. The van der Waals surface area contributed by atoms with Crippen molar-refractivity contribution >= 4 is 21.6 Å². The third-order valence-electron chi connectivity index (χ3n) is 5.81. The van der Waals surface area contributed by atoms with Gasteiger partial charge in [0, 0.05) is 25.1 Å².